The number of carbonyl (C=O) groups is 1. The number of nitrogens with zero attached hydrogens (tertiary/aromatic N) is 6. The Labute approximate surface area is 167 Å². The van der Waals surface area contributed by atoms with Crippen LogP contribution in [-0.4, -0.2) is 42.6 Å². The van der Waals surface area contributed by atoms with Crippen molar-refractivity contribution in [2.24, 2.45) is 0 Å². The Morgan fingerprint density at radius 2 is 1.90 bits per heavy atom. The lowest BCUT2D eigenvalue weighted by molar-refractivity contribution is 0.0779. The summed E-state index contributed by atoms with van der Waals surface area (Å²) in [6.45, 7) is 0.643. The molecule has 2 heterocycles. The lowest BCUT2D eigenvalue weighted by atomic mass is 10.2. The van der Waals surface area contributed by atoms with Gasteiger partial charge in [-0.2, -0.15) is 5.10 Å². The van der Waals surface area contributed by atoms with Crippen molar-refractivity contribution in [1.82, 2.24) is 29.7 Å². The molecule has 4 aromatic rings. The smallest absolute Gasteiger partial charge is 0.276 e. The second-order valence-corrected chi connectivity index (χ2v) is 6.67. The van der Waals surface area contributed by atoms with Gasteiger partial charge in [0.25, 0.3) is 5.91 Å². The first kappa shape index (κ1) is 18.5. The third-order valence-electron chi connectivity index (χ3n) is 4.52. The van der Waals surface area contributed by atoms with Crippen molar-refractivity contribution in [3.05, 3.63) is 95.8 Å². The highest BCUT2D eigenvalue weighted by atomic mass is 19.1. The molecule has 4 rings (SSSR count). The Morgan fingerprint density at radius 3 is 2.62 bits per heavy atom. The molecule has 0 aliphatic rings. The van der Waals surface area contributed by atoms with Gasteiger partial charge in [-0.05, 0) is 29.8 Å². The molecule has 0 saturated carbocycles. The number of hydrogen-bond donors (Lipinski definition) is 0. The lowest BCUT2D eigenvalue weighted by Gasteiger charge is -2.16. The summed E-state index contributed by atoms with van der Waals surface area (Å²) in [5.74, 6) is -0.563. The molecule has 0 unspecified atom stereocenters. The average Bonchev–Trinajstić information content (AvgIpc) is 3.42. The van der Waals surface area contributed by atoms with Gasteiger partial charge in [0.1, 0.15) is 5.82 Å². The van der Waals surface area contributed by atoms with Gasteiger partial charge >= 0.3 is 0 Å². The number of halogens is 1. The molecule has 0 bridgehead atoms. The molecule has 0 atom stereocenters. The van der Waals surface area contributed by atoms with Gasteiger partial charge in [-0.3, -0.25) is 4.79 Å². The fraction of sp³-hybridized carbons (Fsp3) is 0.143. The van der Waals surface area contributed by atoms with Gasteiger partial charge in [-0.15, -0.1) is 5.10 Å². The van der Waals surface area contributed by atoms with Crippen molar-refractivity contribution >= 4 is 5.91 Å². The van der Waals surface area contributed by atoms with Crippen LogP contribution in [-0.2, 0) is 13.1 Å². The van der Waals surface area contributed by atoms with E-state index in [1.807, 2.05) is 36.5 Å². The van der Waals surface area contributed by atoms with Crippen LogP contribution in [0.5, 0.6) is 0 Å². The average molecular weight is 390 g/mol. The standard InChI is InChI=1S/C21H19FN6O/c1-26(13-16-7-9-18(10-8-16)28-12-4-11-23-28)21(29)20-15-27(25-24-20)14-17-5-2-3-6-19(17)22/h2-12,15H,13-14H2,1H3. The van der Waals surface area contributed by atoms with Crippen molar-refractivity contribution in [2.75, 3.05) is 7.05 Å². The van der Waals surface area contributed by atoms with Gasteiger partial charge in [0.2, 0.25) is 0 Å². The topological polar surface area (TPSA) is 68.8 Å². The normalized spacial score (nSPS) is 10.8. The van der Waals surface area contributed by atoms with Crippen LogP contribution in [0.15, 0.2) is 73.2 Å². The van der Waals surface area contributed by atoms with Crippen LogP contribution < -0.4 is 0 Å². The van der Waals surface area contributed by atoms with E-state index in [2.05, 4.69) is 15.4 Å². The summed E-state index contributed by atoms with van der Waals surface area (Å²) in [5, 5.41) is 12.1. The Bertz CT molecular complexity index is 1100. The molecule has 0 fully saturated rings. The van der Waals surface area contributed by atoms with Crippen LogP contribution in [0, 0.1) is 5.82 Å². The predicted molar refractivity (Wildman–Crippen MR) is 105 cm³/mol. The van der Waals surface area contributed by atoms with E-state index in [1.54, 1.807) is 41.0 Å². The number of hydrogen-bond acceptors (Lipinski definition) is 4. The second-order valence-electron chi connectivity index (χ2n) is 6.67. The molecule has 0 N–H and O–H groups in total. The highest BCUT2D eigenvalue weighted by Crippen LogP contribution is 2.12. The summed E-state index contributed by atoms with van der Waals surface area (Å²) in [6, 6.07) is 16.1. The van der Waals surface area contributed by atoms with Crippen molar-refractivity contribution in [3.63, 3.8) is 0 Å². The van der Waals surface area contributed by atoms with E-state index in [4.69, 9.17) is 0 Å². The molecule has 0 aliphatic carbocycles. The van der Waals surface area contributed by atoms with Crippen molar-refractivity contribution < 1.29 is 9.18 Å². The fourth-order valence-electron chi connectivity index (χ4n) is 2.99. The Morgan fingerprint density at radius 1 is 1.10 bits per heavy atom. The molecule has 0 radical (unpaired) electrons. The largest absolute Gasteiger partial charge is 0.336 e. The number of amides is 1. The van der Waals surface area contributed by atoms with E-state index in [0.717, 1.165) is 11.3 Å². The van der Waals surface area contributed by atoms with Crippen molar-refractivity contribution in [2.45, 2.75) is 13.1 Å². The third-order valence-corrected chi connectivity index (χ3v) is 4.52. The highest BCUT2D eigenvalue weighted by molar-refractivity contribution is 5.91. The molecule has 8 heteroatoms. The zero-order valence-electron chi connectivity index (χ0n) is 15.8. The minimum Gasteiger partial charge on any atom is -0.336 e. The fourth-order valence-corrected chi connectivity index (χ4v) is 2.99. The van der Waals surface area contributed by atoms with Gasteiger partial charge in [-0.1, -0.05) is 35.5 Å². The molecule has 2 aromatic carbocycles. The predicted octanol–water partition coefficient (Wildman–Crippen LogP) is 2.92. The molecular weight excluding hydrogens is 371 g/mol. The molecule has 146 valence electrons. The van der Waals surface area contributed by atoms with Crippen LogP contribution in [0.25, 0.3) is 5.69 Å². The van der Waals surface area contributed by atoms with E-state index in [1.165, 1.54) is 16.9 Å². The summed E-state index contributed by atoms with van der Waals surface area (Å²) in [4.78, 5) is 14.2. The van der Waals surface area contributed by atoms with E-state index in [9.17, 15) is 9.18 Å². The third kappa shape index (κ3) is 4.21. The maximum atomic E-state index is 13.8. The summed E-state index contributed by atoms with van der Waals surface area (Å²) in [5.41, 5.74) is 2.64. The molecular formula is C21H19FN6O. The summed E-state index contributed by atoms with van der Waals surface area (Å²) in [6.07, 6.45) is 5.13. The zero-order valence-corrected chi connectivity index (χ0v) is 15.8. The van der Waals surface area contributed by atoms with E-state index in [0.29, 0.717) is 12.1 Å². The number of carbonyl (C=O) groups excluding carboxylic acids is 1. The maximum Gasteiger partial charge on any atom is 0.276 e. The number of aromatic nitrogens is 5. The zero-order chi connectivity index (χ0) is 20.2. The molecule has 1 amide bonds. The van der Waals surface area contributed by atoms with Gasteiger partial charge in [0.15, 0.2) is 5.69 Å². The van der Waals surface area contributed by atoms with E-state index in [-0.39, 0.29) is 24.0 Å². The number of benzene rings is 2. The molecule has 0 aliphatic heterocycles. The van der Waals surface area contributed by atoms with Gasteiger partial charge in [0, 0.05) is 31.5 Å². The highest BCUT2D eigenvalue weighted by Gasteiger charge is 2.16. The quantitative estimate of drug-likeness (QED) is 0.508. The van der Waals surface area contributed by atoms with Gasteiger partial charge in [-0.25, -0.2) is 13.8 Å². The van der Waals surface area contributed by atoms with E-state index < -0.39 is 0 Å². The van der Waals surface area contributed by atoms with Crippen LogP contribution >= 0.6 is 0 Å². The summed E-state index contributed by atoms with van der Waals surface area (Å²) < 4.78 is 17.0. The Balaban J connectivity index is 1.40. The summed E-state index contributed by atoms with van der Waals surface area (Å²) in [7, 11) is 1.71. The minimum atomic E-state index is -0.313. The minimum absolute atomic E-state index is 0.214. The van der Waals surface area contributed by atoms with E-state index >= 15 is 0 Å². The molecule has 0 spiro atoms. The monoisotopic (exact) mass is 390 g/mol. The number of rotatable bonds is 6. The molecule has 29 heavy (non-hydrogen) atoms. The lowest BCUT2D eigenvalue weighted by Crippen LogP contribution is -2.26. The summed E-state index contributed by atoms with van der Waals surface area (Å²) >= 11 is 0. The first-order chi connectivity index (χ1) is 14.1. The van der Waals surface area contributed by atoms with Gasteiger partial charge < -0.3 is 4.90 Å². The molecule has 0 saturated heterocycles. The van der Waals surface area contributed by atoms with Crippen LogP contribution in [0.2, 0.25) is 0 Å². The van der Waals surface area contributed by atoms with Gasteiger partial charge in [0.05, 0.1) is 18.4 Å². The Kier molecular flexibility index (Phi) is 5.15. The molecule has 2 aromatic heterocycles. The second kappa shape index (κ2) is 8.05. The molecule has 7 nitrogen and oxygen atoms in total. The van der Waals surface area contributed by atoms with Crippen LogP contribution in [0.3, 0.4) is 0 Å². The van der Waals surface area contributed by atoms with Crippen LogP contribution in [0.4, 0.5) is 4.39 Å². The Hall–Kier alpha value is -3.81. The first-order valence-electron chi connectivity index (χ1n) is 9.08. The van der Waals surface area contributed by atoms with Crippen LogP contribution in [0.1, 0.15) is 21.6 Å². The maximum absolute atomic E-state index is 13.8. The SMILES string of the molecule is CN(Cc1ccc(-n2cccn2)cc1)C(=O)c1cn(Cc2ccccc2F)nn1. The van der Waals surface area contributed by atoms with Crippen molar-refractivity contribution in [1.29, 1.82) is 0 Å². The van der Waals surface area contributed by atoms with Crippen molar-refractivity contribution in [3.8, 4) is 5.69 Å². The first-order valence-corrected chi connectivity index (χ1v) is 9.08.